The van der Waals surface area contributed by atoms with E-state index in [1.165, 1.54) is 0 Å². The lowest BCUT2D eigenvalue weighted by Crippen LogP contribution is -2.32. The predicted octanol–water partition coefficient (Wildman–Crippen LogP) is -0.621. The number of hydrogen-bond donors (Lipinski definition) is 2. The molecule has 0 aliphatic carbocycles. The summed E-state index contributed by atoms with van der Waals surface area (Å²) in [7, 11) is 0. The van der Waals surface area contributed by atoms with Crippen molar-refractivity contribution in [3.63, 3.8) is 0 Å². The van der Waals surface area contributed by atoms with Gasteiger partial charge >= 0.3 is 0 Å². The second-order valence-corrected chi connectivity index (χ2v) is 3.44. The van der Waals surface area contributed by atoms with Gasteiger partial charge in [-0.1, -0.05) is 12.1 Å². The molecule has 3 N–H and O–H groups in total. The van der Waals surface area contributed by atoms with Crippen LogP contribution in [0.15, 0.2) is 12.4 Å². The zero-order chi connectivity index (χ0) is 11.1. The summed E-state index contributed by atoms with van der Waals surface area (Å²) in [6.07, 6.45) is 4.09. The zero-order valence-electron chi connectivity index (χ0n) is 8.89. The maximum absolute atomic E-state index is 11.4. The summed E-state index contributed by atoms with van der Waals surface area (Å²) in [4.78, 5) is 11.4. The van der Waals surface area contributed by atoms with Gasteiger partial charge in [0.05, 0.1) is 12.7 Å². The summed E-state index contributed by atoms with van der Waals surface area (Å²) in [6.45, 7) is 3.62. The molecular weight excluding hydrogens is 194 g/mol. The van der Waals surface area contributed by atoms with E-state index in [2.05, 4.69) is 15.6 Å². The minimum Gasteiger partial charge on any atom is -0.354 e. The van der Waals surface area contributed by atoms with Gasteiger partial charge in [0.2, 0.25) is 5.91 Å². The Morgan fingerprint density at radius 2 is 2.47 bits per heavy atom. The third kappa shape index (κ3) is 4.07. The highest BCUT2D eigenvalue weighted by atomic mass is 16.1. The fraction of sp³-hybridized carbons (Fsp3) is 0.667. The molecule has 0 aliphatic heterocycles. The van der Waals surface area contributed by atoms with Crippen LogP contribution in [0.4, 0.5) is 0 Å². The molecule has 1 atom stereocenters. The third-order valence-corrected chi connectivity index (χ3v) is 2.16. The average Bonchev–Trinajstić information content (AvgIpc) is 2.71. The Labute approximate surface area is 88.8 Å². The Balaban J connectivity index is 2.17. The van der Waals surface area contributed by atoms with Crippen molar-refractivity contribution in [1.82, 2.24) is 20.3 Å². The maximum Gasteiger partial charge on any atom is 0.222 e. The molecule has 1 heterocycles. The lowest BCUT2D eigenvalue weighted by molar-refractivity contribution is -0.124. The molecule has 6 nitrogen and oxygen atoms in total. The number of carbonyl (C=O) groups is 1. The summed E-state index contributed by atoms with van der Waals surface area (Å²) in [5.74, 6) is 0.0197. The first kappa shape index (κ1) is 11.6. The fourth-order valence-corrected chi connectivity index (χ4v) is 1.20. The van der Waals surface area contributed by atoms with Gasteiger partial charge in [0.15, 0.2) is 0 Å². The van der Waals surface area contributed by atoms with Crippen molar-refractivity contribution in [2.45, 2.75) is 19.9 Å². The van der Waals surface area contributed by atoms with Crippen molar-refractivity contribution in [2.75, 3.05) is 13.1 Å². The van der Waals surface area contributed by atoms with Crippen molar-refractivity contribution in [3.05, 3.63) is 12.4 Å². The van der Waals surface area contributed by atoms with Crippen molar-refractivity contribution in [2.24, 2.45) is 11.7 Å². The predicted molar refractivity (Wildman–Crippen MR) is 55.9 cm³/mol. The van der Waals surface area contributed by atoms with Gasteiger partial charge in [-0.05, 0) is 13.0 Å². The van der Waals surface area contributed by atoms with E-state index in [0.717, 1.165) is 6.42 Å². The number of rotatable bonds is 6. The van der Waals surface area contributed by atoms with Crippen LogP contribution in [0.2, 0.25) is 0 Å². The molecular formula is C9H17N5O. The Kier molecular flexibility index (Phi) is 4.76. The Morgan fingerprint density at radius 1 is 1.67 bits per heavy atom. The quantitative estimate of drug-likeness (QED) is 0.656. The molecule has 0 fully saturated rings. The van der Waals surface area contributed by atoms with E-state index < -0.39 is 0 Å². The highest BCUT2D eigenvalue weighted by Gasteiger charge is 2.10. The zero-order valence-corrected chi connectivity index (χ0v) is 8.89. The average molecular weight is 211 g/mol. The van der Waals surface area contributed by atoms with Crippen molar-refractivity contribution < 1.29 is 4.79 Å². The first-order chi connectivity index (χ1) is 7.24. The second kappa shape index (κ2) is 6.13. The maximum atomic E-state index is 11.4. The minimum absolute atomic E-state index is 0.0225. The van der Waals surface area contributed by atoms with Gasteiger partial charge < -0.3 is 11.1 Å². The first-order valence-electron chi connectivity index (χ1n) is 5.06. The molecule has 0 saturated carbocycles. The standard InChI is InChI=1S/C9H17N5O/c1-8(2-3-10)9(15)11-4-6-14-7-5-12-13-14/h5,7-8H,2-4,6,10H2,1H3,(H,11,15). The monoisotopic (exact) mass is 211 g/mol. The molecule has 0 aliphatic rings. The van der Waals surface area contributed by atoms with Crippen LogP contribution in [0.3, 0.4) is 0 Å². The smallest absolute Gasteiger partial charge is 0.222 e. The van der Waals surface area contributed by atoms with Gasteiger partial charge in [-0.3, -0.25) is 9.48 Å². The van der Waals surface area contributed by atoms with Crippen LogP contribution in [-0.2, 0) is 11.3 Å². The number of nitrogens with zero attached hydrogens (tertiary/aromatic N) is 3. The molecule has 0 aromatic carbocycles. The highest BCUT2D eigenvalue weighted by Crippen LogP contribution is 1.98. The van der Waals surface area contributed by atoms with Crippen LogP contribution in [0.25, 0.3) is 0 Å². The van der Waals surface area contributed by atoms with E-state index in [4.69, 9.17) is 5.73 Å². The van der Waals surface area contributed by atoms with Gasteiger partial charge in [0.1, 0.15) is 0 Å². The number of hydrogen-bond acceptors (Lipinski definition) is 4. The molecule has 0 spiro atoms. The van der Waals surface area contributed by atoms with Gasteiger partial charge in [-0.25, -0.2) is 0 Å². The Morgan fingerprint density at radius 3 is 3.07 bits per heavy atom. The fourth-order valence-electron chi connectivity index (χ4n) is 1.20. The summed E-state index contributed by atoms with van der Waals surface area (Å²) in [5.41, 5.74) is 5.37. The van der Waals surface area contributed by atoms with Gasteiger partial charge in [0, 0.05) is 18.7 Å². The SMILES string of the molecule is CC(CCN)C(=O)NCCn1ccnn1. The number of amides is 1. The Bertz CT molecular complexity index is 285. The van der Waals surface area contributed by atoms with E-state index in [-0.39, 0.29) is 11.8 Å². The topological polar surface area (TPSA) is 85.8 Å². The van der Waals surface area contributed by atoms with Crippen LogP contribution in [0.5, 0.6) is 0 Å². The van der Waals surface area contributed by atoms with Gasteiger partial charge in [-0.2, -0.15) is 0 Å². The molecule has 1 aromatic heterocycles. The molecule has 1 unspecified atom stereocenters. The van der Waals surface area contributed by atoms with Gasteiger partial charge in [0.25, 0.3) is 0 Å². The van der Waals surface area contributed by atoms with Crippen LogP contribution in [0.1, 0.15) is 13.3 Å². The number of carbonyl (C=O) groups excluding carboxylic acids is 1. The summed E-state index contributed by atoms with van der Waals surface area (Å²) >= 11 is 0. The van der Waals surface area contributed by atoms with E-state index in [0.29, 0.717) is 19.6 Å². The van der Waals surface area contributed by atoms with Crippen LogP contribution in [0, 0.1) is 5.92 Å². The van der Waals surface area contributed by atoms with Crippen molar-refractivity contribution in [1.29, 1.82) is 0 Å². The van der Waals surface area contributed by atoms with Crippen LogP contribution in [-0.4, -0.2) is 34.0 Å². The van der Waals surface area contributed by atoms with E-state index in [1.54, 1.807) is 17.1 Å². The number of nitrogens with one attached hydrogen (secondary N) is 1. The summed E-state index contributed by atoms with van der Waals surface area (Å²) in [6, 6.07) is 0. The summed E-state index contributed by atoms with van der Waals surface area (Å²) in [5, 5.41) is 10.3. The molecule has 1 aromatic rings. The molecule has 6 heteroatoms. The largest absolute Gasteiger partial charge is 0.354 e. The van der Waals surface area contributed by atoms with Crippen LogP contribution < -0.4 is 11.1 Å². The number of nitrogens with two attached hydrogens (primary N) is 1. The van der Waals surface area contributed by atoms with Crippen LogP contribution >= 0.6 is 0 Å². The van der Waals surface area contributed by atoms with Crippen molar-refractivity contribution in [3.8, 4) is 0 Å². The number of aromatic nitrogens is 3. The molecule has 84 valence electrons. The lowest BCUT2D eigenvalue weighted by atomic mass is 10.1. The van der Waals surface area contributed by atoms with E-state index in [9.17, 15) is 4.79 Å². The molecule has 0 bridgehead atoms. The molecule has 1 rings (SSSR count). The first-order valence-corrected chi connectivity index (χ1v) is 5.06. The third-order valence-electron chi connectivity index (χ3n) is 2.16. The molecule has 0 radical (unpaired) electrons. The molecule has 15 heavy (non-hydrogen) atoms. The normalized spacial score (nSPS) is 12.4. The summed E-state index contributed by atoms with van der Waals surface area (Å²) < 4.78 is 1.67. The minimum atomic E-state index is -0.0225. The highest BCUT2D eigenvalue weighted by molar-refractivity contribution is 5.78. The van der Waals surface area contributed by atoms with Gasteiger partial charge in [-0.15, -0.1) is 5.10 Å². The second-order valence-electron chi connectivity index (χ2n) is 3.44. The molecule has 0 saturated heterocycles. The van der Waals surface area contributed by atoms with Crippen molar-refractivity contribution >= 4 is 5.91 Å². The van der Waals surface area contributed by atoms with E-state index in [1.807, 2.05) is 6.92 Å². The Hall–Kier alpha value is -1.43. The lowest BCUT2D eigenvalue weighted by Gasteiger charge is -2.10. The van der Waals surface area contributed by atoms with E-state index >= 15 is 0 Å². The molecule has 1 amide bonds.